The molecular weight excluding hydrogens is 214 g/mol. The number of piperidine rings is 1. The van der Waals surface area contributed by atoms with E-state index >= 15 is 0 Å². The van der Waals surface area contributed by atoms with Gasteiger partial charge in [0.25, 0.3) is 0 Å². The Balaban J connectivity index is 2.17. The van der Waals surface area contributed by atoms with Crippen LogP contribution in [-0.2, 0) is 11.2 Å². The minimum atomic E-state index is -0.763. The van der Waals surface area contributed by atoms with Crippen LogP contribution in [0.15, 0.2) is 24.3 Å². The van der Waals surface area contributed by atoms with Crippen molar-refractivity contribution in [3.05, 3.63) is 35.4 Å². The van der Waals surface area contributed by atoms with Gasteiger partial charge in [-0.2, -0.15) is 0 Å². The molecule has 0 aromatic heterocycles. The number of hydrogen-bond donors (Lipinski definition) is 2. The van der Waals surface area contributed by atoms with Crippen molar-refractivity contribution in [1.29, 1.82) is 0 Å². The summed E-state index contributed by atoms with van der Waals surface area (Å²) in [5.74, 6) is 0.411. The Bertz CT molecular complexity index is 403. The highest BCUT2D eigenvalue weighted by atomic mass is 16.4. The molecule has 92 valence electrons. The van der Waals surface area contributed by atoms with Crippen molar-refractivity contribution < 1.29 is 9.90 Å². The minimum absolute atomic E-state index is 0.118. The smallest absolute Gasteiger partial charge is 0.307 e. The summed E-state index contributed by atoms with van der Waals surface area (Å²) in [4.78, 5) is 10.7. The first-order chi connectivity index (χ1) is 8.16. The number of nitrogens with one attached hydrogen (secondary N) is 1. The summed E-state index contributed by atoms with van der Waals surface area (Å²) in [6, 6.07) is 8.05. The second-order valence-corrected chi connectivity index (χ2v) is 4.89. The Kier molecular flexibility index (Phi) is 3.79. The summed E-state index contributed by atoms with van der Waals surface area (Å²) in [6.45, 7) is 4.35. The summed E-state index contributed by atoms with van der Waals surface area (Å²) >= 11 is 0. The predicted molar refractivity (Wildman–Crippen MR) is 67.2 cm³/mol. The summed E-state index contributed by atoms with van der Waals surface area (Å²) in [5.41, 5.74) is 2.19. The molecule has 0 amide bonds. The van der Waals surface area contributed by atoms with Crippen molar-refractivity contribution in [3.63, 3.8) is 0 Å². The van der Waals surface area contributed by atoms with Crippen LogP contribution in [0.3, 0.4) is 0 Å². The summed E-state index contributed by atoms with van der Waals surface area (Å²) in [6.07, 6.45) is 1.25. The number of carboxylic acids is 1. The maximum Gasteiger partial charge on any atom is 0.307 e. The summed E-state index contributed by atoms with van der Waals surface area (Å²) in [5, 5.41) is 12.2. The number of carbonyl (C=O) groups is 1. The zero-order chi connectivity index (χ0) is 12.3. The van der Waals surface area contributed by atoms with Crippen LogP contribution < -0.4 is 5.32 Å². The molecule has 3 nitrogen and oxygen atoms in total. The third-order valence-electron chi connectivity index (χ3n) is 3.52. The molecular formula is C14H19NO2. The number of aliphatic carboxylic acids is 1. The van der Waals surface area contributed by atoms with Crippen LogP contribution in [0.5, 0.6) is 0 Å². The van der Waals surface area contributed by atoms with Crippen LogP contribution in [0.25, 0.3) is 0 Å². The molecule has 1 aromatic carbocycles. The van der Waals surface area contributed by atoms with Gasteiger partial charge in [0.1, 0.15) is 0 Å². The standard InChI is InChI=1S/C14H19NO2/c1-10-9-15-6-5-13(10)12-4-2-3-11(7-12)8-14(16)17/h2-4,7,10,13,15H,5-6,8-9H2,1H3,(H,16,17)/t10-,13-/m0/s1. The maximum absolute atomic E-state index is 10.7. The van der Waals surface area contributed by atoms with Crippen molar-refractivity contribution in [3.8, 4) is 0 Å². The van der Waals surface area contributed by atoms with Gasteiger partial charge in [-0.1, -0.05) is 31.2 Å². The Morgan fingerprint density at radius 3 is 3.06 bits per heavy atom. The highest BCUT2D eigenvalue weighted by molar-refractivity contribution is 5.70. The zero-order valence-corrected chi connectivity index (χ0v) is 10.1. The van der Waals surface area contributed by atoms with Crippen molar-refractivity contribution >= 4 is 5.97 Å². The fraction of sp³-hybridized carbons (Fsp3) is 0.500. The van der Waals surface area contributed by atoms with E-state index in [0.717, 1.165) is 25.1 Å². The Morgan fingerprint density at radius 2 is 2.35 bits per heavy atom. The average molecular weight is 233 g/mol. The molecule has 0 spiro atoms. The lowest BCUT2D eigenvalue weighted by atomic mass is 9.82. The van der Waals surface area contributed by atoms with Crippen LogP contribution in [0, 0.1) is 5.92 Å². The molecule has 1 aliphatic rings. The first-order valence-corrected chi connectivity index (χ1v) is 6.18. The van der Waals surface area contributed by atoms with Crippen LogP contribution in [0.1, 0.15) is 30.4 Å². The molecule has 17 heavy (non-hydrogen) atoms. The third-order valence-corrected chi connectivity index (χ3v) is 3.52. The summed E-state index contributed by atoms with van der Waals surface area (Å²) < 4.78 is 0. The van der Waals surface area contributed by atoms with E-state index in [1.54, 1.807) is 0 Å². The zero-order valence-electron chi connectivity index (χ0n) is 10.1. The van der Waals surface area contributed by atoms with Gasteiger partial charge in [-0.25, -0.2) is 0 Å². The third kappa shape index (κ3) is 3.07. The van der Waals surface area contributed by atoms with Gasteiger partial charge in [0.15, 0.2) is 0 Å². The van der Waals surface area contributed by atoms with E-state index in [9.17, 15) is 4.79 Å². The highest BCUT2D eigenvalue weighted by Crippen LogP contribution is 2.30. The number of hydrogen-bond acceptors (Lipinski definition) is 2. The Morgan fingerprint density at radius 1 is 1.53 bits per heavy atom. The molecule has 0 bridgehead atoms. The lowest BCUT2D eigenvalue weighted by Crippen LogP contribution is -2.33. The lowest BCUT2D eigenvalue weighted by Gasteiger charge is -2.30. The van der Waals surface area contributed by atoms with Gasteiger partial charge in [-0.3, -0.25) is 4.79 Å². The SMILES string of the molecule is C[C@H]1CNCC[C@@H]1c1cccc(CC(=O)O)c1. The van der Waals surface area contributed by atoms with Gasteiger partial charge in [0, 0.05) is 0 Å². The van der Waals surface area contributed by atoms with Gasteiger partial charge in [0.05, 0.1) is 6.42 Å². The Labute approximate surface area is 102 Å². The van der Waals surface area contributed by atoms with Crippen molar-refractivity contribution in [2.75, 3.05) is 13.1 Å². The molecule has 1 saturated heterocycles. The van der Waals surface area contributed by atoms with E-state index in [1.165, 1.54) is 5.56 Å². The lowest BCUT2D eigenvalue weighted by molar-refractivity contribution is -0.136. The molecule has 3 heteroatoms. The van der Waals surface area contributed by atoms with Gasteiger partial charge in [-0.05, 0) is 42.5 Å². The van der Waals surface area contributed by atoms with Crippen LogP contribution in [0.4, 0.5) is 0 Å². The second-order valence-electron chi connectivity index (χ2n) is 4.89. The predicted octanol–water partition coefficient (Wildman–Crippen LogP) is 2.03. The first kappa shape index (κ1) is 12.1. The molecule has 2 rings (SSSR count). The molecule has 1 aromatic rings. The molecule has 1 fully saturated rings. The Hall–Kier alpha value is -1.35. The van der Waals surface area contributed by atoms with Gasteiger partial charge >= 0.3 is 5.97 Å². The number of benzene rings is 1. The van der Waals surface area contributed by atoms with E-state index in [0.29, 0.717) is 11.8 Å². The maximum atomic E-state index is 10.7. The summed E-state index contributed by atoms with van der Waals surface area (Å²) in [7, 11) is 0. The fourth-order valence-electron chi connectivity index (χ4n) is 2.62. The molecule has 0 aliphatic carbocycles. The van der Waals surface area contributed by atoms with Crippen molar-refractivity contribution in [1.82, 2.24) is 5.32 Å². The number of carboxylic acid groups (broad SMARTS) is 1. The molecule has 0 radical (unpaired) electrons. The van der Waals surface area contributed by atoms with Crippen LogP contribution >= 0.6 is 0 Å². The van der Waals surface area contributed by atoms with Gasteiger partial charge in [-0.15, -0.1) is 0 Å². The first-order valence-electron chi connectivity index (χ1n) is 6.18. The molecule has 0 saturated carbocycles. The van der Waals surface area contributed by atoms with E-state index in [-0.39, 0.29) is 6.42 Å². The van der Waals surface area contributed by atoms with Crippen molar-refractivity contribution in [2.45, 2.75) is 25.7 Å². The van der Waals surface area contributed by atoms with E-state index < -0.39 is 5.97 Å². The topological polar surface area (TPSA) is 49.3 Å². The average Bonchev–Trinajstić information content (AvgIpc) is 2.29. The van der Waals surface area contributed by atoms with Crippen LogP contribution in [-0.4, -0.2) is 24.2 Å². The minimum Gasteiger partial charge on any atom is -0.481 e. The van der Waals surface area contributed by atoms with Gasteiger partial charge < -0.3 is 10.4 Å². The molecule has 0 unspecified atom stereocenters. The molecule has 2 N–H and O–H groups in total. The van der Waals surface area contributed by atoms with E-state index in [1.807, 2.05) is 12.1 Å². The van der Waals surface area contributed by atoms with Crippen LogP contribution in [0.2, 0.25) is 0 Å². The fourth-order valence-corrected chi connectivity index (χ4v) is 2.62. The monoisotopic (exact) mass is 233 g/mol. The number of rotatable bonds is 3. The normalized spacial score (nSPS) is 24.5. The largest absolute Gasteiger partial charge is 0.481 e. The molecule has 1 heterocycles. The van der Waals surface area contributed by atoms with E-state index in [4.69, 9.17) is 5.11 Å². The van der Waals surface area contributed by atoms with E-state index in [2.05, 4.69) is 24.4 Å². The van der Waals surface area contributed by atoms with Gasteiger partial charge in [0.2, 0.25) is 0 Å². The van der Waals surface area contributed by atoms with Crippen molar-refractivity contribution in [2.24, 2.45) is 5.92 Å². The quantitative estimate of drug-likeness (QED) is 0.839. The second kappa shape index (κ2) is 5.32. The molecule has 2 atom stereocenters. The molecule has 1 aliphatic heterocycles. The highest BCUT2D eigenvalue weighted by Gasteiger charge is 2.22.